The Hall–Kier alpha value is -3.52. The first-order valence-corrected chi connectivity index (χ1v) is 11.1. The minimum absolute atomic E-state index is 0.0669. The summed E-state index contributed by atoms with van der Waals surface area (Å²) in [4.78, 5) is 12.5. The smallest absolute Gasteiger partial charge is 0.264 e. The highest BCUT2D eigenvalue weighted by molar-refractivity contribution is 7.92. The van der Waals surface area contributed by atoms with E-state index in [4.69, 9.17) is 0 Å². The molecule has 1 amide bonds. The summed E-state index contributed by atoms with van der Waals surface area (Å²) in [5.74, 6) is -1.14. The topological polar surface area (TPSA) is 78.8 Å². The van der Waals surface area contributed by atoms with E-state index < -0.39 is 28.3 Å². The second-order valence-corrected chi connectivity index (χ2v) is 8.52. The monoisotopic (exact) mass is 439 g/mol. The number of halogens is 1. The Morgan fingerprint density at radius 1 is 1.00 bits per heavy atom. The van der Waals surface area contributed by atoms with Crippen molar-refractivity contribution in [2.45, 2.75) is 18.2 Å². The molecule has 31 heavy (non-hydrogen) atoms. The van der Waals surface area contributed by atoms with E-state index in [9.17, 15) is 17.6 Å². The molecule has 3 rings (SSSR count). The van der Waals surface area contributed by atoms with Crippen LogP contribution in [-0.2, 0) is 21.2 Å². The van der Waals surface area contributed by atoms with E-state index in [0.29, 0.717) is 5.69 Å². The first kappa shape index (κ1) is 22.2. The zero-order valence-corrected chi connectivity index (χ0v) is 17.7. The van der Waals surface area contributed by atoms with Gasteiger partial charge in [0, 0.05) is 5.56 Å². The standard InChI is InChI=1S/C23H22FN3O3S/c1-2-18-12-14-20(15-13-18)27(31(29,30)21-9-4-3-5-10-21)17-23(28)26-25-16-19-8-6-7-11-22(19)24/h3-16H,2,17H2,1H3,(H,26,28)/b25-16-. The number of hydrogen-bond acceptors (Lipinski definition) is 4. The van der Waals surface area contributed by atoms with Crippen LogP contribution in [0.1, 0.15) is 18.1 Å². The van der Waals surface area contributed by atoms with Gasteiger partial charge in [-0.15, -0.1) is 0 Å². The van der Waals surface area contributed by atoms with Crippen molar-refractivity contribution >= 4 is 27.8 Å². The molecular weight excluding hydrogens is 417 g/mol. The van der Waals surface area contributed by atoms with Crippen LogP contribution in [0, 0.1) is 5.82 Å². The lowest BCUT2D eigenvalue weighted by molar-refractivity contribution is -0.119. The normalized spacial score (nSPS) is 11.4. The van der Waals surface area contributed by atoms with Gasteiger partial charge < -0.3 is 0 Å². The van der Waals surface area contributed by atoms with Gasteiger partial charge in [-0.3, -0.25) is 9.10 Å². The predicted octanol–water partition coefficient (Wildman–Crippen LogP) is 3.73. The molecule has 0 aliphatic heterocycles. The van der Waals surface area contributed by atoms with Crippen LogP contribution in [0.15, 0.2) is 88.9 Å². The van der Waals surface area contributed by atoms with Crippen molar-refractivity contribution in [1.82, 2.24) is 5.43 Å². The Labute approximate surface area is 181 Å². The first-order chi connectivity index (χ1) is 14.9. The van der Waals surface area contributed by atoms with Crippen molar-refractivity contribution in [3.8, 4) is 0 Å². The van der Waals surface area contributed by atoms with Gasteiger partial charge in [-0.1, -0.05) is 55.5 Å². The largest absolute Gasteiger partial charge is 0.271 e. The number of nitrogens with one attached hydrogen (secondary N) is 1. The van der Waals surface area contributed by atoms with Gasteiger partial charge in [0.2, 0.25) is 0 Å². The maximum absolute atomic E-state index is 13.7. The summed E-state index contributed by atoms with van der Waals surface area (Å²) in [5, 5.41) is 3.75. The lowest BCUT2D eigenvalue weighted by Gasteiger charge is -2.24. The molecule has 0 saturated carbocycles. The summed E-state index contributed by atoms with van der Waals surface area (Å²) in [7, 11) is -3.99. The number of hydrazone groups is 1. The van der Waals surface area contributed by atoms with Crippen LogP contribution in [-0.4, -0.2) is 27.1 Å². The molecule has 0 atom stereocenters. The Balaban J connectivity index is 1.84. The number of nitrogens with zero attached hydrogens (tertiary/aromatic N) is 2. The van der Waals surface area contributed by atoms with Gasteiger partial charge in [0.25, 0.3) is 15.9 Å². The minimum Gasteiger partial charge on any atom is -0.271 e. The maximum atomic E-state index is 13.7. The van der Waals surface area contributed by atoms with Crippen LogP contribution in [0.4, 0.5) is 10.1 Å². The summed E-state index contributed by atoms with van der Waals surface area (Å²) in [6.45, 7) is 1.51. The number of benzene rings is 3. The quantitative estimate of drug-likeness (QED) is 0.429. The molecule has 0 aromatic heterocycles. The molecule has 0 aliphatic carbocycles. The molecule has 0 fully saturated rings. The fraction of sp³-hybridized carbons (Fsp3) is 0.130. The number of rotatable bonds is 8. The van der Waals surface area contributed by atoms with Gasteiger partial charge in [0.1, 0.15) is 12.4 Å². The Morgan fingerprint density at radius 2 is 1.65 bits per heavy atom. The summed E-state index contributed by atoms with van der Waals surface area (Å²) >= 11 is 0. The Morgan fingerprint density at radius 3 is 2.29 bits per heavy atom. The van der Waals surface area contributed by atoms with Crippen LogP contribution >= 0.6 is 0 Å². The molecule has 0 bridgehead atoms. The van der Waals surface area contributed by atoms with Gasteiger partial charge in [-0.05, 0) is 42.3 Å². The fourth-order valence-corrected chi connectivity index (χ4v) is 4.29. The van der Waals surface area contributed by atoms with Gasteiger partial charge in [-0.2, -0.15) is 5.10 Å². The summed E-state index contributed by atoms with van der Waals surface area (Å²) in [6.07, 6.45) is 1.97. The molecule has 1 N–H and O–H groups in total. The molecule has 3 aromatic carbocycles. The van der Waals surface area contributed by atoms with Crippen molar-refractivity contribution in [3.05, 3.63) is 95.8 Å². The van der Waals surface area contributed by atoms with Crippen LogP contribution in [0.2, 0.25) is 0 Å². The van der Waals surface area contributed by atoms with Gasteiger partial charge in [-0.25, -0.2) is 18.2 Å². The molecule has 8 heteroatoms. The number of amides is 1. The molecule has 0 spiro atoms. The van der Waals surface area contributed by atoms with Crippen molar-refractivity contribution in [3.63, 3.8) is 0 Å². The Bertz CT molecular complexity index is 1160. The van der Waals surface area contributed by atoms with Crippen molar-refractivity contribution in [2.24, 2.45) is 5.10 Å². The summed E-state index contributed by atoms with van der Waals surface area (Å²) < 4.78 is 41.1. The molecule has 0 unspecified atom stereocenters. The highest BCUT2D eigenvalue weighted by atomic mass is 32.2. The number of anilines is 1. The number of sulfonamides is 1. The third-order valence-corrected chi connectivity index (χ3v) is 6.34. The van der Waals surface area contributed by atoms with Gasteiger partial charge in [0.15, 0.2) is 0 Å². The number of hydrogen-bond donors (Lipinski definition) is 1. The Kier molecular flexibility index (Phi) is 7.15. The van der Waals surface area contributed by atoms with E-state index in [2.05, 4.69) is 10.5 Å². The first-order valence-electron chi connectivity index (χ1n) is 9.65. The number of carbonyl (C=O) groups excluding carboxylic acids is 1. The van der Waals surface area contributed by atoms with E-state index in [1.165, 1.54) is 30.5 Å². The molecule has 0 aliphatic rings. The van der Waals surface area contributed by atoms with Crippen molar-refractivity contribution < 1.29 is 17.6 Å². The second-order valence-electron chi connectivity index (χ2n) is 6.66. The highest BCUT2D eigenvalue weighted by Gasteiger charge is 2.27. The fourth-order valence-electron chi connectivity index (χ4n) is 2.85. The molecular formula is C23H22FN3O3S. The minimum atomic E-state index is -3.99. The summed E-state index contributed by atoms with van der Waals surface area (Å²) in [6, 6.07) is 20.8. The average Bonchev–Trinajstić information content (AvgIpc) is 2.79. The highest BCUT2D eigenvalue weighted by Crippen LogP contribution is 2.24. The molecule has 160 valence electrons. The van der Waals surface area contributed by atoms with Crippen molar-refractivity contribution in [2.75, 3.05) is 10.8 Å². The average molecular weight is 440 g/mol. The SMILES string of the molecule is CCc1ccc(N(CC(=O)N/N=C\c2ccccc2F)S(=O)(=O)c2ccccc2)cc1. The molecule has 0 heterocycles. The van der Waals surface area contributed by atoms with E-state index in [-0.39, 0.29) is 10.5 Å². The third kappa shape index (κ3) is 5.55. The lowest BCUT2D eigenvalue weighted by Crippen LogP contribution is -2.39. The van der Waals surface area contributed by atoms with E-state index in [0.717, 1.165) is 16.3 Å². The lowest BCUT2D eigenvalue weighted by atomic mass is 10.1. The van der Waals surface area contributed by atoms with E-state index >= 15 is 0 Å². The van der Waals surface area contributed by atoms with E-state index in [1.54, 1.807) is 42.5 Å². The van der Waals surface area contributed by atoms with Crippen molar-refractivity contribution in [1.29, 1.82) is 0 Å². The van der Waals surface area contributed by atoms with Crippen LogP contribution < -0.4 is 9.73 Å². The zero-order chi connectivity index (χ0) is 22.3. The predicted molar refractivity (Wildman–Crippen MR) is 119 cm³/mol. The molecule has 0 saturated heterocycles. The van der Waals surface area contributed by atoms with E-state index in [1.807, 2.05) is 19.1 Å². The molecule has 6 nitrogen and oxygen atoms in total. The molecule has 0 radical (unpaired) electrons. The maximum Gasteiger partial charge on any atom is 0.264 e. The van der Waals surface area contributed by atoms with Gasteiger partial charge >= 0.3 is 0 Å². The van der Waals surface area contributed by atoms with Gasteiger partial charge in [0.05, 0.1) is 16.8 Å². The van der Waals surface area contributed by atoms with Crippen LogP contribution in [0.25, 0.3) is 0 Å². The van der Waals surface area contributed by atoms with Crippen LogP contribution in [0.5, 0.6) is 0 Å². The summed E-state index contributed by atoms with van der Waals surface area (Å²) in [5.41, 5.74) is 3.86. The number of aryl methyl sites for hydroxylation is 1. The number of carbonyl (C=O) groups is 1. The zero-order valence-electron chi connectivity index (χ0n) is 16.9. The third-order valence-electron chi connectivity index (χ3n) is 4.55. The second kappa shape index (κ2) is 9.99. The molecule has 3 aromatic rings. The van der Waals surface area contributed by atoms with Crippen LogP contribution in [0.3, 0.4) is 0 Å².